The number of methoxy groups -OCH3 is 1. The Kier molecular flexibility index (Phi) is 12.8. The fourth-order valence-corrected chi connectivity index (χ4v) is 11.8. The standard InChI is InChI=1S/C49H59FN8O7S/c1-33(2)39-6-4-5-7-40(39)42-30-55(29-34-8-14-38(64-3)15-9-34)22-23-57(42)37-27-48(28-37)16-20-56(21-17-48)36-12-10-35(11-13-36)47(59)54-66(62,63)43-26-41(58(60)61)44(46-45(43)52-32-53-46)51-31-49(50)18-24-65-25-19-49/h4-15,26,32-33,37,42,51H,16-25,27-31H2,1-3H3,(H,52,53)(H,54,59). The van der Waals surface area contributed by atoms with E-state index in [0.717, 1.165) is 69.6 Å². The number of carbonyl (C=O) groups is 1. The molecule has 1 aliphatic carbocycles. The quantitative estimate of drug-likeness (QED) is 0.0725. The summed E-state index contributed by atoms with van der Waals surface area (Å²) in [6.07, 6.45) is 5.91. The maximum Gasteiger partial charge on any atom is 0.296 e. The van der Waals surface area contributed by atoms with Crippen molar-refractivity contribution in [2.24, 2.45) is 5.41 Å². The molecule has 66 heavy (non-hydrogen) atoms. The van der Waals surface area contributed by atoms with Gasteiger partial charge >= 0.3 is 0 Å². The molecule has 1 amide bonds. The first-order valence-electron chi connectivity index (χ1n) is 23.0. The van der Waals surface area contributed by atoms with Crippen molar-refractivity contribution >= 4 is 44.0 Å². The normalized spacial score (nSPS) is 20.3. The maximum atomic E-state index is 15.4. The van der Waals surface area contributed by atoms with Crippen molar-refractivity contribution < 1.29 is 32.0 Å². The average Bonchev–Trinajstić information content (AvgIpc) is 3.80. The number of nitro benzene ring substituents is 1. The predicted molar refractivity (Wildman–Crippen MR) is 251 cm³/mol. The first-order chi connectivity index (χ1) is 31.7. The molecule has 3 N–H and O–H groups in total. The number of aromatic nitrogens is 2. The van der Waals surface area contributed by atoms with Crippen LogP contribution in [0.4, 0.5) is 21.5 Å². The third kappa shape index (κ3) is 9.35. The Morgan fingerprint density at radius 3 is 2.39 bits per heavy atom. The van der Waals surface area contributed by atoms with E-state index in [4.69, 9.17) is 9.47 Å². The van der Waals surface area contributed by atoms with E-state index in [1.54, 1.807) is 19.2 Å². The molecule has 0 radical (unpaired) electrons. The molecule has 17 heteroatoms. The SMILES string of the molecule is COc1ccc(CN2CCN(C3CC4(CCN(c5ccc(C(=O)NS(=O)(=O)c6cc([N+](=O)[O-])c(NCC7(F)CCOCC7)c7[nH]cnc67)cc5)CC4)C3)C(c3ccccc3C(C)C)C2)cc1. The molecule has 15 nitrogen and oxygen atoms in total. The van der Waals surface area contributed by atoms with Crippen LogP contribution in [0.25, 0.3) is 11.0 Å². The lowest BCUT2D eigenvalue weighted by molar-refractivity contribution is -0.384. The molecule has 3 aliphatic heterocycles. The predicted octanol–water partition coefficient (Wildman–Crippen LogP) is 7.96. The van der Waals surface area contributed by atoms with Crippen molar-refractivity contribution in [2.45, 2.75) is 87.5 Å². The highest BCUT2D eigenvalue weighted by Crippen LogP contribution is 2.53. The molecule has 1 saturated carbocycles. The number of H-pyrrole nitrogens is 1. The summed E-state index contributed by atoms with van der Waals surface area (Å²) < 4.78 is 55.6. The van der Waals surface area contributed by atoms with E-state index in [-0.39, 0.29) is 54.9 Å². The van der Waals surface area contributed by atoms with Gasteiger partial charge in [-0.1, -0.05) is 50.2 Å². The summed E-state index contributed by atoms with van der Waals surface area (Å²) >= 11 is 0. The van der Waals surface area contributed by atoms with Gasteiger partial charge in [-0.15, -0.1) is 0 Å². The van der Waals surface area contributed by atoms with Gasteiger partial charge in [0, 0.05) is 101 Å². The molecule has 9 rings (SSSR count). The summed E-state index contributed by atoms with van der Waals surface area (Å²) in [7, 11) is -2.95. The van der Waals surface area contributed by atoms with Gasteiger partial charge in [0.25, 0.3) is 21.6 Å². The lowest BCUT2D eigenvalue weighted by atomic mass is 9.59. The summed E-state index contributed by atoms with van der Waals surface area (Å²) in [6, 6.07) is 25.9. The number of imidazole rings is 1. The number of piperazine rings is 1. The molecule has 4 aliphatic rings. The number of hydrogen-bond donors (Lipinski definition) is 3. The van der Waals surface area contributed by atoms with Gasteiger partial charge in [0.2, 0.25) is 0 Å². The zero-order valence-corrected chi connectivity index (χ0v) is 38.6. The Morgan fingerprint density at radius 1 is 1.00 bits per heavy atom. The number of benzene rings is 4. The molecular formula is C49H59FN8O7S. The molecule has 4 aromatic carbocycles. The lowest BCUT2D eigenvalue weighted by Crippen LogP contribution is -2.60. The van der Waals surface area contributed by atoms with Gasteiger partial charge in [-0.2, -0.15) is 0 Å². The number of fused-ring (bicyclic) bond motifs is 1. The Labute approximate surface area is 385 Å². The number of nitro groups is 1. The second-order valence-corrected chi connectivity index (χ2v) is 20.6. The van der Waals surface area contributed by atoms with Crippen molar-refractivity contribution in [1.82, 2.24) is 24.5 Å². The van der Waals surface area contributed by atoms with Crippen LogP contribution in [0.2, 0.25) is 0 Å². The Bertz CT molecular complexity index is 2660. The third-order valence-corrected chi connectivity index (χ3v) is 15.8. The van der Waals surface area contributed by atoms with E-state index in [0.29, 0.717) is 23.4 Å². The number of alkyl halides is 1. The van der Waals surface area contributed by atoms with Crippen LogP contribution in [-0.4, -0.2) is 110 Å². The largest absolute Gasteiger partial charge is 0.497 e. The van der Waals surface area contributed by atoms with Crippen LogP contribution >= 0.6 is 0 Å². The van der Waals surface area contributed by atoms with Crippen LogP contribution in [0.15, 0.2) is 90.1 Å². The number of nitrogens with zero attached hydrogens (tertiary/aromatic N) is 5. The molecule has 1 unspecified atom stereocenters. The monoisotopic (exact) mass is 922 g/mol. The van der Waals surface area contributed by atoms with Crippen LogP contribution < -0.4 is 19.7 Å². The van der Waals surface area contributed by atoms with Gasteiger partial charge in [-0.3, -0.25) is 24.7 Å². The lowest BCUT2D eigenvalue weighted by Gasteiger charge is -2.58. The fraction of sp³-hybridized carbons (Fsp3) is 0.469. The number of ether oxygens (including phenoxy) is 2. The van der Waals surface area contributed by atoms with Crippen molar-refractivity contribution in [3.63, 3.8) is 0 Å². The number of nitrogens with one attached hydrogen (secondary N) is 3. The third-order valence-electron chi connectivity index (χ3n) is 14.5. The average molecular weight is 923 g/mol. The van der Waals surface area contributed by atoms with Crippen molar-refractivity contribution in [1.29, 1.82) is 0 Å². The molecule has 350 valence electrons. The Balaban J connectivity index is 0.825. The summed E-state index contributed by atoms with van der Waals surface area (Å²) in [4.78, 5) is 39.0. The van der Waals surface area contributed by atoms with Gasteiger partial charge in [0.15, 0.2) is 0 Å². The summed E-state index contributed by atoms with van der Waals surface area (Å²) in [5.41, 5.74) is 3.04. The highest BCUT2D eigenvalue weighted by atomic mass is 32.2. The summed E-state index contributed by atoms with van der Waals surface area (Å²) in [5, 5.41) is 15.0. The molecule has 4 fully saturated rings. The van der Waals surface area contributed by atoms with Crippen LogP contribution in [-0.2, 0) is 21.3 Å². The number of aromatic amines is 1. The van der Waals surface area contributed by atoms with Gasteiger partial charge in [-0.25, -0.2) is 22.5 Å². The fourth-order valence-electron chi connectivity index (χ4n) is 10.7. The first-order valence-corrected chi connectivity index (χ1v) is 24.5. The zero-order chi connectivity index (χ0) is 46.2. The van der Waals surface area contributed by atoms with E-state index in [9.17, 15) is 23.3 Å². The van der Waals surface area contributed by atoms with Gasteiger partial charge in [0.05, 0.1) is 23.9 Å². The minimum absolute atomic E-state index is 0.00824. The zero-order valence-electron chi connectivity index (χ0n) is 37.8. The number of amides is 1. The van der Waals surface area contributed by atoms with Crippen LogP contribution in [0.5, 0.6) is 5.75 Å². The summed E-state index contributed by atoms with van der Waals surface area (Å²) in [6.45, 7) is 10.5. The van der Waals surface area contributed by atoms with Crippen molar-refractivity contribution in [3.05, 3.63) is 118 Å². The van der Waals surface area contributed by atoms with E-state index in [2.05, 4.69) is 85.0 Å². The number of hydrogen-bond acceptors (Lipinski definition) is 12. The van der Waals surface area contributed by atoms with E-state index < -0.39 is 37.1 Å². The minimum atomic E-state index is -4.65. The molecule has 4 heterocycles. The Hall–Kier alpha value is -5.62. The van der Waals surface area contributed by atoms with E-state index in [1.165, 1.54) is 35.9 Å². The summed E-state index contributed by atoms with van der Waals surface area (Å²) in [5.74, 6) is 0.417. The number of anilines is 2. The molecule has 1 aromatic heterocycles. The first kappa shape index (κ1) is 45.5. The van der Waals surface area contributed by atoms with Gasteiger partial charge in [0.1, 0.15) is 27.5 Å². The smallest absolute Gasteiger partial charge is 0.296 e. The molecule has 5 aromatic rings. The second-order valence-electron chi connectivity index (χ2n) is 18.9. The number of halogens is 1. The van der Waals surface area contributed by atoms with Crippen LogP contribution in [0.1, 0.15) is 91.4 Å². The van der Waals surface area contributed by atoms with Crippen LogP contribution in [0, 0.1) is 15.5 Å². The molecule has 3 saturated heterocycles. The van der Waals surface area contributed by atoms with Gasteiger partial charge < -0.3 is 24.7 Å². The van der Waals surface area contributed by atoms with Gasteiger partial charge in [-0.05, 0) is 90.1 Å². The van der Waals surface area contributed by atoms with Crippen LogP contribution in [0.3, 0.4) is 0 Å². The molecule has 1 spiro atoms. The maximum absolute atomic E-state index is 15.4. The highest BCUT2D eigenvalue weighted by molar-refractivity contribution is 7.90. The second kappa shape index (κ2) is 18.6. The highest BCUT2D eigenvalue weighted by Gasteiger charge is 2.50. The number of rotatable bonds is 14. The number of carbonyl (C=O) groups excluding carboxylic acids is 1. The Morgan fingerprint density at radius 2 is 1.71 bits per heavy atom. The number of sulfonamides is 1. The minimum Gasteiger partial charge on any atom is -0.497 e. The van der Waals surface area contributed by atoms with E-state index >= 15 is 4.39 Å². The molecule has 1 atom stereocenters. The van der Waals surface area contributed by atoms with Crippen molar-refractivity contribution in [2.75, 3.05) is 69.8 Å². The van der Waals surface area contributed by atoms with Crippen molar-refractivity contribution in [3.8, 4) is 5.75 Å². The molecule has 0 bridgehead atoms. The van der Waals surface area contributed by atoms with E-state index in [1.807, 2.05) is 24.3 Å². The molecular weight excluding hydrogens is 864 g/mol. The number of piperidine rings is 1. The topological polar surface area (TPSA) is 175 Å².